The Balaban J connectivity index is 2.03. The van der Waals surface area contributed by atoms with Crippen molar-refractivity contribution < 1.29 is 18.9 Å². The second-order valence-electron chi connectivity index (χ2n) is 3.47. The third kappa shape index (κ3) is 1.59. The standard InChI is InChI=1S/C9H16O4/c1-3-9(11-4-5-12-9)8-10-6-7(2)13-8/h7-8H,3-6H2,1-2H3. The molecule has 2 saturated heterocycles. The molecule has 4 nitrogen and oxygen atoms in total. The van der Waals surface area contributed by atoms with Gasteiger partial charge in [0.25, 0.3) is 0 Å². The fraction of sp³-hybridized carbons (Fsp3) is 1.00. The van der Waals surface area contributed by atoms with Crippen LogP contribution in [-0.4, -0.2) is 38.0 Å². The number of ether oxygens (including phenoxy) is 4. The first-order chi connectivity index (χ1) is 6.27. The lowest BCUT2D eigenvalue weighted by molar-refractivity contribution is -0.285. The minimum Gasteiger partial charge on any atom is -0.345 e. The normalized spacial score (nSPS) is 38.3. The highest BCUT2D eigenvalue weighted by molar-refractivity contribution is 4.80. The summed E-state index contributed by atoms with van der Waals surface area (Å²) >= 11 is 0. The number of hydrogen-bond donors (Lipinski definition) is 0. The highest BCUT2D eigenvalue weighted by Gasteiger charge is 2.48. The summed E-state index contributed by atoms with van der Waals surface area (Å²) in [5.74, 6) is -0.648. The minimum atomic E-state index is -0.648. The molecule has 76 valence electrons. The first-order valence-corrected chi connectivity index (χ1v) is 4.82. The Hall–Kier alpha value is -0.160. The maximum Gasteiger partial charge on any atom is 0.220 e. The van der Waals surface area contributed by atoms with E-state index in [1.165, 1.54) is 0 Å². The van der Waals surface area contributed by atoms with Gasteiger partial charge in [-0.1, -0.05) is 6.92 Å². The molecule has 0 aromatic carbocycles. The Kier molecular flexibility index (Phi) is 2.55. The Labute approximate surface area is 78.1 Å². The van der Waals surface area contributed by atoms with Crippen molar-refractivity contribution in [1.29, 1.82) is 0 Å². The van der Waals surface area contributed by atoms with E-state index in [1.54, 1.807) is 0 Å². The lowest BCUT2D eigenvalue weighted by atomic mass is 10.2. The molecule has 2 rings (SSSR count). The van der Waals surface area contributed by atoms with Crippen molar-refractivity contribution >= 4 is 0 Å². The van der Waals surface area contributed by atoms with Crippen molar-refractivity contribution in [3.63, 3.8) is 0 Å². The maximum atomic E-state index is 5.57. The molecule has 2 fully saturated rings. The molecule has 0 aliphatic carbocycles. The lowest BCUT2D eigenvalue weighted by Crippen LogP contribution is -2.43. The number of rotatable bonds is 2. The van der Waals surface area contributed by atoms with Gasteiger partial charge in [-0.05, 0) is 6.92 Å². The fourth-order valence-electron chi connectivity index (χ4n) is 1.72. The van der Waals surface area contributed by atoms with Gasteiger partial charge >= 0.3 is 0 Å². The van der Waals surface area contributed by atoms with Crippen LogP contribution in [0.5, 0.6) is 0 Å². The Morgan fingerprint density at radius 2 is 2.00 bits per heavy atom. The molecule has 0 spiro atoms. The van der Waals surface area contributed by atoms with Crippen molar-refractivity contribution in [1.82, 2.24) is 0 Å². The lowest BCUT2D eigenvalue weighted by Gasteiger charge is -2.30. The molecule has 13 heavy (non-hydrogen) atoms. The van der Waals surface area contributed by atoms with E-state index < -0.39 is 5.79 Å². The Morgan fingerprint density at radius 3 is 2.46 bits per heavy atom. The average molecular weight is 188 g/mol. The van der Waals surface area contributed by atoms with Gasteiger partial charge in [0.2, 0.25) is 12.1 Å². The van der Waals surface area contributed by atoms with Crippen LogP contribution in [0.2, 0.25) is 0 Å². The van der Waals surface area contributed by atoms with Gasteiger partial charge in [-0.15, -0.1) is 0 Å². The third-order valence-corrected chi connectivity index (χ3v) is 2.47. The first kappa shape index (κ1) is 9.40. The van der Waals surface area contributed by atoms with E-state index in [2.05, 4.69) is 0 Å². The van der Waals surface area contributed by atoms with Crippen LogP contribution in [0.15, 0.2) is 0 Å². The molecule has 0 bridgehead atoms. The molecular formula is C9H16O4. The van der Waals surface area contributed by atoms with E-state index in [0.29, 0.717) is 19.8 Å². The van der Waals surface area contributed by atoms with Crippen LogP contribution in [-0.2, 0) is 18.9 Å². The monoisotopic (exact) mass is 188 g/mol. The summed E-state index contributed by atoms with van der Waals surface area (Å²) in [6, 6.07) is 0. The molecule has 2 aliphatic rings. The zero-order valence-electron chi connectivity index (χ0n) is 8.12. The molecule has 0 aromatic heterocycles. The molecule has 2 unspecified atom stereocenters. The van der Waals surface area contributed by atoms with Gasteiger partial charge in [-0.25, -0.2) is 0 Å². The van der Waals surface area contributed by atoms with E-state index in [0.717, 1.165) is 6.42 Å². The molecule has 0 aromatic rings. The topological polar surface area (TPSA) is 36.9 Å². The smallest absolute Gasteiger partial charge is 0.220 e. The molecular weight excluding hydrogens is 172 g/mol. The summed E-state index contributed by atoms with van der Waals surface area (Å²) in [6.07, 6.45) is 0.543. The van der Waals surface area contributed by atoms with Crippen LogP contribution >= 0.6 is 0 Å². The van der Waals surface area contributed by atoms with Crippen molar-refractivity contribution in [3.05, 3.63) is 0 Å². The van der Waals surface area contributed by atoms with E-state index in [1.807, 2.05) is 13.8 Å². The fourth-order valence-corrected chi connectivity index (χ4v) is 1.72. The summed E-state index contributed by atoms with van der Waals surface area (Å²) in [6.45, 7) is 5.88. The molecule has 0 saturated carbocycles. The Bertz CT molecular complexity index is 176. The van der Waals surface area contributed by atoms with E-state index in [9.17, 15) is 0 Å². The first-order valence-electron chi connectivity index (χ1n) is 4.82. The zero-order chi connectivity index (χ0) is 9.31. The van der Waals surface area contributed by atoms with Gasteiger partial charge in [0.05, 0.1) is 25.9 Å². The summed E-state index contributed by atoms with van der Waals surface area (Å²) < 4.78 is 22.1. The van der Waals surface area contributed by atoms with Gasteiger partial charge in [0.15, 0.2) is 0 Å². The van der Waals surface area contributed by atoms with Crippen LogP contribution < -0.4 is 0 Å². The van der Waals surface area contributed by atoms with E-state index >= 15 is 0 Å². The second kappa shape index (κ2) is 3.53. The van der Waals surface area contributed by atoms with Crippen LogP contribution in [0.4, 0.5) is 0 Å². The van der Waals surface area contributed by atoms with Gasteiger partial charge < -0.3 is 18.9 Å². The third-order valence-electron chi connectivity index (χ3n) is 2.47. The molecule has 4 heteroatoms. The second-order valence-corrected chi connectivity index (χ2v) is 3.47. The van der Waals surface area contributed by atoms with Gasteiger partial charge in [0.1, 0.15) is 0 Å². The van der Waals surface area contributed by atoms with Crippen molar-refractivity contribution in [2.75, 3.05) is 19.8 Å². The minimum absolute atomic E-state index is 0.140. The summed E-state index contributed by atoms with van der Waals surface area (Å²) in [5, 5.41) is 0. The Morgan fingerprint density at radius 1 is 1.31 bits per heavy atom. The predicted molar refractivity (Wildman–Crippen MR) is 45.2 cm³/mol. The maximum absolute atomic E-state index is 5.57. The molecule has 0 N–H and O–H groups in total. The van der Waals surface area contributed by atoms with Gasteiger partial charge in [-0.3, -0.25) is 0 Å². The molecule has 0 radical (unpaired) electrons. The average Bonchev–Trinajstić information content (AvgIpc) is 2.73. The molecule has 0 amide bonds. The van der Waals surface area contributed by atoms with E-state index in [4.69, 9.17) is 18.9 Å². The van der Waals surface area contributed by atoms with Crippen LogP contribution in [0.1, 0.15) is 20.3 Å². The summed E-state index contributed by atoms with van der Waals surface area (Å²) in [5.41, 5.74) is 0. The highest BCUT2D eigenvalue weighted by Crippen LogP contribution is 2.33. The van der Waals surface area contributed by atoms with Crippen molar-refractivity contribution in [2.24, 2.45) is 0 Å². The zero-order valence-corrected chi connectivity index (χ0v) is 8.12. The molecule has 2 heterocycles. The van der Waals surface area contributed by atoms with Crippen molar-refractivity contribution in [3.8, 4) is 0 Å². The number of hydrogen-bond acceptors (Lipinski definition) is 4. The van der Waals surface area contributed by atoms with Gasteiger partial charge in [-0.2, -0.15) is 0 Å². The SMILES string of the molecule is CCC1(C2OCC(C)O2)OCCO1. The highest BCUT2D eigenvalue weighted by atomic mass is 16.8. The quantitative estimate of drug-likeness (QED) is 0.645. The van der Waals surface area contributed by atoms with E-state index in [-0.39, 0.29) is 12.4 Å². The van der Waals surface area contributed by atoms with Crippen LogP contribution in [0, 0.1) is 0 Å². The van der Waals surface area contributed by atoms with Crippen LogP contribution in [0.3, 0.4) is 0 Å². The largest absolute Gasteiger partial charge is 0.345 e. The molecule has 2 aliphatic heterocycles. The van der Waals surface area contributed by atoms with Crippen molar-refractivity contribution in [2.45, 2.75) is 38.4 Å². The molecule has 2 atom stereocenters. The predicted octanol–water partition coefficient (Wildman–Crippen LogP) is 0.901. The van der Waals surface area contributed by atoms with Gasteiger partial charge in [0, 0.05) is 6.42 Å². The van der Waals surface area contributed by atoms with Crippen LogP contribution in [0.25, 0.3) is 0 Å². The summed E-state index contributed by atoms with van der Waals surface area (Å²) in [7, 11) is 0. The summed E-state index contributed by atoms with van der Waals surface area (Å²) in [4.78, 5) is 0.